The summed E-state index contributed by atoms with van der Waals surface area (Å²) in [4.78, 5) is 17.9. The minimum atomic E-state index is -0.924. The van der Waals surface area contributed by atoms with Crippen molar-refractivity contribution in [3.8, 4) is 17.0 Å². The number of carboxylic acids is 1. The molecule has 6 nitrogen and oxygen atoms in total. The van der Waals surface area contributed by atoms with Gasteiger partial charge in [0, 0.05) is 30.3 Å². The Morgan fingerprint density at radius 1 is 1.20 bits per heavy atom. The second kappa shape index (κ2) is 8.12. The van der Waals surface area contributed by atoms with Gasteiger partial charge >= 0.3 is 5.97 Å². The Morgan fingerprint density at radius 3 is 2.70 bits per heavy atom. The van der Waals surface area contributed by atoms with E-state index >= 15 is 0 Å². The van der Waals surface area contributed by atoms with Crippen molar-refractivity contribution in [1.29, 1.82) is 0 Å². The van der Waals surface area contributed by atoms with Crippen LogP contribution in [0.25, 0.3) is 11.3 Å². The van der Waals surface area contributed by atoms with Crippen LogP contribution in [0.15, 0.2) is 54.6 Å². The maximum Gasteiger partial charge on any atom is 0.307 e. The zero-order chi connectivity index (χ0) is 21.3. The van der Waals surface area contributed by atoms with Crippen molar-refractivity contribution in [2.24, 2.45) is 5.73 Å². The summed E-state index contributed by atoms with van der Waals surface area (Å²) >= 11 is 0. The van der Waals surface area contributed by atoms with Crippen LogP contribution >= 0.6 is 0 Å². The average molecular weight is 407 g/mol. The Labute approximate surface area is 173 Å². The number of halogens is 1. The number of likely N-dealkylation sites (N-methyl/N-ethyl adjacent to an activating group) is 1. The fourth-order valence-corrected chi connectivity index (χ4v) is 3.71. The highest BCUT2D eigenvalue weighted by atomic mass is 19.1. The first kappa shape index (κ1) is 19.8. The molecule has 0 unspecified atom stereocenters. The summed E-state index contributed by atoms with van der Waals surface area (Å²) in [5.74, 6) is -0.755. The van der Waals surface area contributed by atoms with Gasteiger partial charge in [0.05, 0.1) is 30.0 Å². The van der Waals surface area contributed by atoms with Crippen molar-refractivity contribution in [3.63, 3.8) is 0 Å². The highest BCUT2D eigenvalue weighted by molar-refractivity contribution is 5.74. The van der Waals surface area contributed by atoms with Crippen molar-refractivity contribution in [2.75, 3.05) is 18.5 Å². The number of rotatable bonds is 5. The van der Waals surface area contributed by atoms with Gasteiger partial charge in [0.25, 0.3) is 0 Å². The number of para-hydroxylation sites is 1. The van der Waals surface area contributed by atoms with Crippen molar-refractivity contribution in [3.05, 3.63) is 77.2 Å². The third-order valence-corrected chi connectivity index (χ3v) is 5.20. The van der Waals surface area contributed by atoms with E-state index in [1.54, 1.807) is 30.3 Å². The lowest BCUT2D eigenvalue weighted by atomic mass is 10.0. The smallest absolute Gasteiger partial charge is 0.307 e. The molecular weight excluding hydrogens is 385 g/mol. The van der Waals surface area contributed by atoms with E-state index in [0.717, 1.165) is 5.69 Å². The van der Waals surface area contributed by atoms with Crippen LogP contribution in [-0.4, -0.2) is 29.7 Å². The first-order valence-electron chi connectivity index (χ1n) is 9.64. The highest BCUT2D eigenvalue weighted by Crippen LogP contribution is 2.40. The third-order valence-electron chi connectivity index (χ3n) is 5.20. The number of hydrogen-bond donors (Lipinski definition) is 2. The number of anilines is 1. The van der Waals surface area contributed by atoms with E-state index in [9.17, 15) is 14.3 Å². The molecule has 2 aromatic carbocycles. The van der Waals surface area contributed by atoms with Crippen LogP contribution in [0.3, 0.4) is 0 Å². The summed E-state index contributed by atoms with van der Waals surface area (Å²) in [5, 5.41) is 9.22. The zero-order valence-electron chi connectivity index (χ0n) is 16.5. The number of ether oxygens (including phenoxy) is 1. The van der Waals surface area contributed by atoms with Crippen molar-refractivity contribution < 1.29 is 19.0 Å². The van der Waals surface area contributed by atoms with Gasteiger partial charge in [0.1, 0.15) is 11.6 Å². The third kappa shape index (κ3) is 3.71. The fraction of sp³-hybridized carbons (Fsp3) is 0.217. The highest BCUT2D eigenvalue weighted by Gasteiger charge is 2.28. The fourth-order valence-electron chi connectivity index (χ4n) is 3.71. The summed E-state index contributed by atoms with van der Waals surface area (Å²) in [6, 6.07) is 16.0. The second-order valence-corrected chi connectivity index (χ2v) is 7.25. The molecule has 2 heterocycles. The summed E-state index contributed by atoms with van der Waals surface area (Å²) in [6.45, 7) is 0.643. The quantitative estimate of drug-likeness (QED) is 0.673. The van der Waals surface area contributed by atoms with Crippen LogP contribution in [0, 0.1) is 5.82 Å². The molecule has 0 radical (unpaired) electrons. The molecule has 0 saturated carbocycles. The van der Waals surface area contributed by atoms with E-state index in [1.807, 2.05) is 36.2 Å². The molecule has 0 bridgehead atoms. The molecule has 4 rings (SSSR count). The summed E-state index contributed by atoms with van der Waals surface area (Å²) < 4.78 is 21.0. The number of benzene rings is 2. The molecule has 0 fully saturated rings. The van der Waals surface area contributed by atoms with Crippen molar-refractivity contribution >= 4 is 11.7 Å². The molecule has 0 amide bonds. The van der Waals surface area contributed by atoms with Gasteiger partial charge in [-0.25, -0.2) is 9.37 Å². The minimum absolute atomic E-state index is 0.110. The van der Waals surface area contributed by atoms with E-state index in [2.05, 4.69) is 4.98 Å². The van der Waals surface area contributed by atoms with Gasteiger partial charge in [-0.1, -0.05) is 30.3 Å². The van der Waals surface area contributed by atoms with Crippen LogP contribution in [0.4, 0.5) is 10.1 Å². The molecule has 7 heteroatoms. The second-order valence-electron chi connectivity index (χ2n) is 7.25. The average Bonchev–Trinajstić information content (AvgIpc) is 2.74. The number of aliphatic carboxylic acids is 1. The first-order valence-corrected chi connectivity index (χ1v) is 9.64. The topological polar surface area (TPSA) is 88.7 Å². The number of nitrogens with two attached hydrogens (primary N) is 1. The lowest BCUT2D eigenvalue weighted by molar-refractivity contribution is -0.136. The number of fused-ring (bicyclic) bond motifs is 1. The molecule has 3 aromatic rings. The van der Waals surface area contributed by atoms with Gasteiger partial charge in [-0.3, -0.25) is 4.79 Å². The van der Waals surface area contributed by atoms with E-state index in [0.29, 0.717) is 40.4 Å². The number of aromatic nitrogens is 1. The Kier molecular flexibility index (Phi) is 5.37. The van der Waals surface area contributed by atoms with Crippen LogP contribution in [0.1, 0.15) is 22.9 Å². The largest absolute Gasteiger partial charge is 0.481 e. The molecule has 1 aromatic heterocycles. The molecule has 1 atom stereocenters. The maximum atomic E-state index is 14.8. The van der Waals surface area contributed by atoms with Gasteiger partial charge in [-0.15, -0.1) is 0 Å². The predicted molar refractivity (Wildman–Crippen MR) is 112 cm³/mol. The van der Waals surface area contributed by atoms with Crippen LogP contribution in [-0.2, 0) is 17.8 Å². The van der Waals surface area contributed by atoms with Gasteiger partial charge in [-0.2, -0.15) is 0 Å². The van der Waals surface area contributed by atoms with Crippen LogP contribution in [0.5, 0.6) is 5.75 Å². The summed E-state index contributed by atoms with van der Waals surface area (Å²) in [7, 11) is 1.92. The SMILES string of the molecule is CN1C[C@@H](c2cccc(-c3cccc(CN)c3F)n2)Oc2c(CC(=O)O)cccc21. The van der Waals surface area contributed by atoms with Crippen LogP contribution in [0.2, 0.25) is 0 Å². The molecule has 154 valence electrons. The molecule has 3 N–H and O–H groups in total. The molecule has 30 heavy (non-hydrogen) atoms. The number of carboxylic acid groups (broad SMARTS) is 1. The van der Waals surface area contributed by atoms with Gasteiger partial charge in [0.15, 0.2) is 6.10 Å². The number of nitrogens with zero attached hydrogens (tertiary/aromatic N) is 2. The van der Waals surface area contributed by atoms with E-state index in [4.69, 9.17) is 10.5 Å². The Morgan fingerprint density at radius 2 is 1.93 bits per heavy atom. The molecule has 0 spiro atoms. The Balaban J connectivity index is 1.70. The molecule has 0 saturated heterocycles. The number of pyridine rings is 1. The van der Waals surface area contributed by atoms with Crippen molar-refractivity contribution in [1.82, 2.24) is 4.98 Å². The standard InChI is InChI=1S/C23H22FN3O3/c1-27-13-20(30-23-14(11-21(28)29)5-3-10-19(23)27)18-9-4-8-17(26-18)16-7-2-6-15(12-25)22(16)24/h2-10,20H,11-13,25H2,1H3,(H,28,29)/t20-/m0/s1. The van der Waals surface area contributed by atoms with Gasteiger partial charge < -0.3 is 20.5 Å². The Bertz CT molecular complexity index is 1100. The molecule has 0 aliphatic carbocycles. The molecular formula is C23H22FN3O3. The lowest BCUT2D eigenvalue weighted by Crippen LogP contribution is -2.33. The van der Waals surface area contributed by atoms with Crippen LogP contribution < -0.4 is 15.4 Å². The molecule has 1 aliphatic heterocycles. The maximum absolute atomic E-state index is 14.8. The number of carbonyl (C=O) groups is 1. The summed E-state index contributed by atoms with van der Waals surface area (Å²) in [5.41, 5.74) is 9.03. The van der Waals surface area contributed by atoms with Crippen molar-refractivity contribution in [2.45, 2.75) is 19.1 Å². The van der Waals surface area contributed by atoms with E-state index in [1.165, 1.54) is 0 Å². The van der Waals surface area contributed by atoms with E-state index in [-0.39, 0.29) is 18.8 Å². The predicted octanol–water partition coefficient (Wildman–Crippen LogP) is 3.54. The number of hydrogen-bond acceptors (Lipinski definition) is 5. The zero-order valence-corrected chi connectivity index (χ0v) is 16.5. The van der Waals surface area contributed by atoms with Gasteiger partial charge in [0.2, 0.25) is 0 Å². The Hall–Kier alpha value is -3.45. The van der Waals surface area contributed by atoms with Gasteiger partial charge in [-0.05, 0) is 24.3 Å². The monoisotopic (exact) mass is 407 g/mol. The summed E-state index contributed by atoms with van der Waals surface area (Å²) in [6.07, 6.45) is -0.549. The van der Waals surface area contributed by atoms with E-state index < -0.39 is 12.1 Å². The molecule has 1 aliphatic rings. The normalized spacial score (nSPS) is 15.4. The minimum Gasteiger partial charge on any atom is -0.481 e. The lowest BCUT2D eigenvalue weighted by Gasteiger charge is -2.34. The first-order chi connectivity index (χ1) is 14.5.